The van der Waals surface area contributed by atoms with Crippen molar-refractivity contribution in [3.63, 3.8) is 0 Å². The van der Waals surface area contributed by atoms with Crippen molar-refractivity contribution in [2.75, 3.05) is 24.7 Å². The Bertz CT molecular complexity index is 395. The van der Waals surface area contributed by atoms with Crippen LogP contribution in [-0.4, -0.2) is 41.9 Å². The van der Waals surface area contributed by atoms with E-state index < -0.39 is 5.97 Å². The minimum absolute atomic E-state index is 0.0798. The van der Waals surface area contributed by atoms with Gasteiger partial charge in [-0.05, 0) is 19.1 Å². The van der Waals surface area contributed by atoms with E-state index in [1.807, 2.05) is 13.0 Å². The van der Waals surface area contributed by atoms with Gasteiger partial charge in [-0.3, -0.25) is 0 Å². The molecule has 1 fully saturated rings. The molecule has 1 aliphatic rings. The Hall–Kier alpha value is -1.62. The number of carboxylic acid groups (broad SMARTS) is 1. The number of morpholine rings is 1. The molecule has 0 unspecified atom stereocenters. The van der Waals surface area contributed by atoms with Crippen molar-refractivity contribution in [1.82, 2.24) is 4.98 Å². The van der Waals surface area contributed by atoms with Crippen molar-refractivity contribution in [3.05, 3.63) is 23.9 Å². The van der Waals surface area contributed by atoms with Crippen LogP contribution in [0.5, 0.6) is 0 Å². The first-order valence-electron chi connectivity index (χ1n) is 5.23. The van der Waals surface area contributed by atoms with Crippen molar-refractivity contribution in [1.29, 1.82) is 0 Å². The Kier molecular flexibility index (Phi) is 3.05. The van der Waals surface area contributed by atoms with Crippen LogP contribution in [-0.2, 0) is 4.74 Å². The van der Waals surface area contributed by atoms with E-state index in [1.54, 1.807) is 6.07 Å². The smallest absolute Gasteiger partial charge is 0.354 e. The molecule has 1 N–H and O–H groups in total. The Morgan fingerprint density at radius 3 is 3.12 bits per heavy atom. The van der Waals surface area contributed by atoms with Crippen LogP contribution < -0.4 is 4.90 Å². The number of rotatable bonds is 2. The summed E-state index contributed by atoms with van der Waals surface area (Å²) in [6.07, 6.45) is 0. The summed E-state index contributed by atoms with van der Waals surface area (Å²) in [4.78, 5) is 17.0. The lowest BCUT2D eigenvalue weighted by Gasteiger charge is -2.34. The molecule has 16 heavy (non-hydrogen) atoms. The molecule has 5 heteroatoms. The van der Waals surface area contributed by atoms with Crippen LogP contribution in [0.3, 0.4) is 0 Å². The first-order chi connectivity index (χ1) is 7.68. The van der Waals surface area contributed by atoms with E-state index in [2.05, 4.69) is 9.88 Å². The summed E-state index contributed by atoms with van der Waals surface area (Å²) in [5.41, 5.74) is 0.0798. The molecule has 0 aromatic carbocycles. The monoisotopic (exact) mass is 222 g/mol. The van der Waals surface area contributed by atoms with Gasteiger partial charge in [0.05, 0.1) is 19.3 Å². The minimum Gasteiger partial charge on any atom is -0.477 e. The van der Waals surface area contributed by atoms with Crippen molar-refractivity contribution in [2.24, 2.45) is 0 Å². The molecular weight excluding hydrogens is 208 g/mol. The van der Waals surface area contributed by atoms with Crippen molar-refractivity contribution in [3.8, 4) is 0 Å². The van der Waals surface area contributed by atoms with Gasteiger partial charge in [0, 0.05) is 6.54 Å². The SMILES string of the molecule is C[C@H]1COCCN1c1cccc(C(=O)O)n1. The highest BCUT2D eigenvalue weighted by Gasteiger charge is 2.20. The van der Waals surface area contributed by atoms with E-state index in [4.69, 9.17) is 9.84 Å². The lowest BCUT2D eigenvalue weighted by atomic mass is 10.2. The van der Waals surface area contributed by atoms with Gasteiger partial charge in [0.1, 0.15) is 5.82 Å². The molecular formula is C11H14N2O3. The molecule has 1 aliphatic heterocycles. The van der Waals surface area contributed by atoms with Gasteiger partial charge in [0.15, 0.2) is 5.69 Å². The average Bonchev–Trinajstić information content (AvgIpc) is 2.30. The number of pyridine rings is 1. The second-order valence-corrected chi connectivity index (χ2v) is 3.80. The molecule has 2 heterocycles. The number of aromatic carboxylic acids is 1. The molecule has 0 spiro atoms. The maximum atomic E-state index is 10.8. The molecule has 2 rings (SSSR count). The summed E-state index contributed by atoms with van der Waals surface area (Å²) in [5.74, 6) is -0.293. The highest BCUT2D eigenvalue weighted by atomic mass is 16.5. The number of carboxylic acids is 1. The fraction of sp³-hybridized carbons (Fsp3) is 0.455. The number of aromatic nitrogens is 1. The molecule has 0 saturated carbocycles. The van der Waals surface area contributed by atoms with E-state index in [9.17, 15) is 4.79 Å². The van der Waals surface area contributed by atoms with Crippen molar-refractivity contribution < 1.29 is 14.6 Å². The Morgan fingerprint density at radius 2 is 2.44 bits per heavy atom. The molecule has 0 radical (unpaired) electrons. The summed E-state index contributed by atoms with van der Waals surface area (Å²) in [6, 6.07) is 5.27. The third-order valence-electron chi connectivity index (χ3n) is 2.62. The predicted octanol–water partition coefficient (Wildman–Crippen LogP) is 1.00. The molecule has 1 atom stereocenters. The van der Waals surface area contributed by atoms with Gasteiger partial charge in [0.25, 0.3) is 0 Å². The van der Waals surface area contributed by atoms with Gasteiger partial charge >= 0.3 is 5.97 Å². The quantitative estimate of drug-likeness (QED) is 0.809. The van der Waals surface area contributed by atoms with Gasteiger partial charge in [0.2, 0.25) is 0 Å². The summed E-state index contributed by atoms with van der Waals surface area (Å²) < 4.78 is 5.33. The maximum Gasteiger partial charge on any atom is 0.354 e. The normalized spacial score (nSPS) is 20.8. The number of anilines is 1. The zero-order valence-corrected chi connectivity index (χ0v) is 9.09. The van der Waals surface area contributed by atoms with Crippen LogP contribution in [0.2, 0.25) is 0 Å². The fourth-order valence-corrected chi connectivity index (χ4v) is 1.77. The Morgan fingerprint density at radius 1 is 1.62 bits per heavy atom. The number of hydrogen-bond acceptors (Lipinski definition) is 4. The summed E-state index contributed by atoms with van der Waals surface area (Å²) in [5, 5.41) is 8.87. The minimum atomic E-state index is -0.997. The second kappa shape index (κ2) is 4.49. The number of ether oxygens (including phenoxy) is 1. The molecule has 0 bridgehead atoms. The zero-order chi connectivity index (χ0) is 11.5. The van der Waals surface area contributed by atoms with Crippen molar-refractivity contribution in [2.45, 2.75) is 13.0 Å². The predicted molar refractivity (Wildman–Crippen MR) is 58.8 cm³/mol. The third kappa shape index (κ3) is 2.14. The van der Waals surface area contributed by atoms with Gasteiger partial charge in [-0.1, -0.05) is 6.07 Å². The van der Waals surface area contributed by atoms with Crippen LogP contribution in [0.1, 0.15) is 17.4 Å². The van der Waals surface area contributed by atoms with Crippen LogP contribution in [0.25, 0.3) is 0 Å². The van der Waals surface area contributed by atoms with Gasteiger partial charge in [-0.15, -0.1) is 0 Å². The van der Waals surface area contributed by atoms with Gasteiger partial charge < -0.3 is 14.7 Å². The second-order valence-electron chi connectivity index (χ2n) is 3.80. The van der Waals surface area contributed by atoms with E-state index in [0.717, 1.165) is 6.54 Å². The lowest BCUT2D eigenvalue weighted by molar-refractivity contribution is 0.0690. The lowest BCUT2D eigenvalue weighted by Crippen LogP contribution is -2.44. The molecule has 86 valence electrons. The summed E-state index contributed by atoms with van der Waals surface area (Å²) in [7, 11) is 0. The topological polar surface area (TPSA) is 62.7 Å². The van der Waals surface area contributed by atoms with Gasteiger partial charge in [-0.2, -0.15) is 0 Å². The first-order valence-corrected chi connectivity index (χ1v) is 5.23. The van der Waals surface area contributed by atoms with Crippen LogP contribution in [0.15, 0.2) is 18.2 Å². The number of hydrogen-bond donors (Lipinski definition) is 1. The molecule has 1 saturated heterocycles. The molecule has 5 nitrogen and oxygen atoms in total. The van der Waals surface area contributed by atoms with E-state index >= 15 is 0 Å². The summed E-state index contributed by atoms with van der Waals surface area (Å²) in [6.45, 7) is 4.09. The molecule has 0 amide bonds. The fourth-order valence-electron chi connectivity index (χ4n) is 1.77. The number of carbonyl (C=O) groups is 1. The largest absolute Gasteiger partial charge is 0.477 e. The molecule has 1 aromatic heterocycles. The highest BCUT2D eigenvalue weighted by molar-refractivity contribution is 5.85. The van der Waals surface area contributed by atoms with E-state index in [-0.39, 0.29) is 11.7 Å². The van der Waals surface area contributed by atoms with Crippen LogP contribution in [0, 0.1) is 0 Å². The first kappa shape index (κ1) is 10.9. The third-order valence-corrected chi connectivity index (χ3v) is 2.62. The standard InChI is InChI=1S/C11H14N2O3/c1-8-7-16-6-5-13(8)10-4-2-3-9(12-10)11(14)15/h2-4,8H,5-7H2,1H3,(H,14,15)/t8-/m0/s1. The van der Waals surface area contributed by atoms with Gasteiger partial charge in [-0.25, -0.2) is 9.78 Å². The van der Waals surface area contributed by atoms with Crippen LogP contribution in [0.4, 0.5) is 5.82 Å². The van der Waals surface area contributed by atoms with Crippen LogP contribution >= 0.6 is 0 Å². The Labute approximate surface area is 93.7 Å². The molecule has 1 aromatic rings. The summed E-state index contributed by atoms with van der Waals surface area (Å²) >= 11 is 0. The molecule has 0 aliphatic carbocycles. The van der Waals surface area contributed by atoms with E-state index in [0.29, 0.717) is 19.0 Å². The van der Waals surface area contributed by atoms with Crippen molar-refractivity contribution >= 4 is 11.8 Å². The van der Waals surface area contributed by atoms with E-state index in [1.165, 1.54) is 6.07 Å². The maximum absolute atomic E-state index is 10.8. The average molecular weight is 222 g/mol. The Balaban J connectivity index is 2.25. The highest BCUT2D eigenvalue weighted by Crippen LogP contribution is 2.17. The number of nitrogens with zero attached hydrogens (tertiary/aromatic N) is 2. The zero-order valence-electron chi connectivity index (χ0n) is 9.09.